The summed E-state index contributed by atoms with van der Waals surface area (Å²) in [5, 5.41) is 0. The number of benzene rings is 2. The number of rotatable bonds is 3. The molecule has 0 N–H and O–H groups in total. The van der Waals surface area contributed by atoms with Crippen LogP contribution in [-0.4, -0.2) is 7.95 Å². The molecule has 138 valence electrons. The molecule has 2 aromatic rings. The fourth-order valence-corrected chi connectivity index (χ4v) is 3.59. The fraction of sp³-hybridized carbons (Fsp3) is 0.300. The Labute approximate surface area is 180 Å². The van der Waals surface area contributed by atoms with Crippen LogP contribution in [0.15, 0.2) is 12.1 Å². The second-order valence-electron chi connectivity index (χ2n) is 6.32. The summed E-state index contributed by atoms with van der Waals surface area (Å²) in [6.07, 6.45) is 0. The van der Waals surface area contributed by atoms with E-state index >= 15 is 0 Å². The van der Waals surface area contributed by atoms with Crippen molar-refractivity contribution in [2.45, 2.75) is 41.5 Å². The Kier molecular flexibility index (Phi) is 6.70. The summed E-state index contributed by atoms with van der Waals surface area (Å²) in [6, 6.07) is 4.09. The fourth-order valence-electron chi connectivity index (χ4n) is 3.15. The van der Waals surface area contributed by atoms with Crippen molar-refractivity contribution in [2.24, 2.45) is 0 Å². The van der Waals surface area contributed by atoms with E-state index in [2.05, 4.69) is 0 Å². The van der Waals surface area contributed by atoms with Gasteiger partial charge in [0.05, 0.1) is 45.2 Å². The molecule has 6 heteroatoms. The van der Waals surface area contributed by atoms with Crippen molar-refractivity contribution >= 4 is 53.1 Å². The van der Waals surface area contributed by atoms with E-state index in [9.17, 15) is 9.59 Å². The minimum absolute atomic E-state index is 0.353. The Bertz CT molecular complexity index is 842. The van der Waals surface area contributed by atoms with Crippen molar-refractivity contribution in [1.29, 1.82) is 0 Å². The van der Waals surface area contributed by atoms with Crippen molar-refractivity contribution in [3.63, 3.8) is 0 Å². The first-order valence-electron chi connectivity index (χ1n) is 8.01. The second kappa shape index (κ2) is 8.24. The van der Waals surface area contributed by atoms with Crippen LogP contribution in [0.1, 0.15) is 33.4 Å². The first-order valence-corrected chi connectivity index (χ1v) is 10.2. The van der Waals surface area contributed by atoms with Crippen LogP contribution in [0.5, 0.6) is 11.5 Å². The zero-order valence-electron chi connectivity index (χ0n) is 15.5. The largest absolute Gasteiger partial charge is 0.418 e. The summed E-state index contributed by atoms with van der Waals surface area (Å²) in [7, 11) is 0. The van der Waals surface area contributed by atoms with Gasteiger partial charge in [-0.25, -0.2) is 9.59 Å². The molecular formula is C20H20I2O4. The molecule has 0 aromatic heterocycles. The van der Waals surface area contributed by atoms with Gasteiger partial charge in [0, 0.05) is 0 Å². The second-order valence-corrected chi connectivity index (χ2v) is 8.08. The average Bonchev–Trinajstić information content (AvgIpc) is 2.55. The highest BCUT2D eigenvalue weighted by Crippen LogP contribution is 2.40. The maximum Gasteiger partial charge on any atom is 0.372 e. The lowest BCUT2D eigenvalue weighted by Gasteiger charge is -2.20. The third kappa shape index (κ3) is 4.21. The van der Waals surface area contributed by atoms with Gasteiger partial charge in [-0.1, -0.05) is 0 Å². The van der Waals surface area contributed by atoms with Crippen molar-refractivity contribution in [2.75, 3.05) is 0 Å². The molecule has 2 rings (SSSR count). The summed E-state index contributed by atoms with van der Waals surface area (Å²) < 4.78 is 10.0. The van der Waals surface area contributed by atoms with E-state index < -0.39 is 0 Å². The van der Waals surface area contributed by atoms with Gasteiger partial charge >= 0.3 is 7.95 Å². The topological polar surface area (TPSA) is 52.6 Å². The summed E-state index contributed by atoms with van der Waals surface area (Å²) in [5.41, 5.74) is 8.00. The van der Waals surface area contributed by atoms with Crippen molar-refractivity contribution < 1.29 is 19.1 Å². The van der Waals surface area contributed by atoms with Crippen LogP contribution in [0.4, 0.5) is 9.59 Å². The normalized spacial score (nSPS) is 10.6. The molecule has 0 amide bonds. The molecule has 0 unspecified atom stereocenters. The van der Waals surface area contributed by atoms with Crippen LogP contribution in [0.2, 0.25) is 0 Å². The lowest BCUT2D eigenvalue weighted by Crippen LogP contribution is -2.05. The summed E-state index contributed by atoms with van der Waals surface area (Å²) >= 11 is 3.27. The van der Waals surface area contributed by atoms with Gasteiger partial charge in [-0.3, -0.25) is 0 Å². The van der Waals surface area contributed by atoms with Crippen LogP contribution in [-0.2, 0) is 0 Å². The maximum atomic E-state index is 11.4. The molecule has 0 spiro atoms. The Morgan fingerprint density at radius 3 is 1.23 bits per heavy atom. The van der Waals surface area contributed by atoms with Crippen LogP contribution in [0.3, 0.4) is 0 Å². The highest BCUT2D eigenvalue weighted by Gasteiger charge is 2.19. The van der Waals surface area contributed by atoms with Crippen molar-refractivity contribution in [3.8, 4) is 22.6 Å². The molecule has 0 atom stereocenters. The van der Waals surface area contributed by atoms with Gasteiger partial charge in [-0.05, 0) is 98.2 Å². The highest BCUT2D eigenvalue weighted by atomic mass is 127. The zero-order valence-corrected chi connectivity index (χ0v) is 19.9. The number of hydrogen-bond donors (Lipinski definition) is 0. The number of aryl methyl sites for hydroxylation is 2. The Hall–Kier alpha value is -1.16. The van der Waals surface area contributed by atoms with E-state index in [-0.39, 0.29) is 7.95 Å². The molecule has 0 aliphatic rings. The van der Waals surface area contributed by atoms with Crippen LogP contribution in [0, 0.1) is 41.5 Å². The number of carbonyl (C=O) groups is 2. The van der Waals surface area contributed by atoms with E-state index in [0.717, 1.165) is 44.5 Å². The minimum atomic E-state index is -0.353. The molecule has 0 bridgehead atoms. The van der Waals surface area contributed by atoms with Gasteiger partial charge in [0.1, 0.15) is 11.5 Å². The van der Waals surface area contributed by atoms with Crippen molar-refractivity contribution in [3.05, 3.63) is 45.5 Å². The quantitative estimate of drug-likeness (QED) is 0.289. The highest BCUT2D eigenvalue weighted by molar-refractivity contribution is 14.1. The summed E-state index contributed by atoms with van der Waals surface area (Å²) in [5.74, 6) is 1.24. The smallest absolute Gasteiger partial charge is 0.372 e. The Morgan fingerprint density at radius 1 is 0.654 bits per heavy atom. The van der Waals surface area contributed by atoms with E-state index in [1.807, 2.05) is 53.7 Å². The van der Waals surface area contributed by atoms with Gasteiger partial charge in [0.15, 0.2) is 0 Å². The van der Waals surface area contributed by atoms with Crippen LogP contribution < -0.4 is 9.47 Å². The molecule has 2 aromatic carbocycles. The molecule has 0 saturated heterocycles. The average molecular weight is 578 g/mol. The molecule has 0 aliphatic heterocycles. The number of halogens is 2. The molecule has 0 aliphatic carbocycles. The summed E-state index contributed by atoms with van der Waals surface area (Å²) in [6.45, 7) is 11.8. The molecule has 0 fully saturated rings. The van der Waals surface area contributed by atoms with Crippen LogP contribution in [0.25, 0.3) is 11.1 Å². The molecule has 0 heterocycles. The third-order valence-corrected chi connectivity index (χ3v) is 5.15. The number of hydrogen-bond acceptors (Lipinski definition) is 4. The first-order chi connectivity index (χ1) is 12.0. The molecule has 4 nitrogen and oxygen atoms in total. The standard InChI is InChI=1S/C20H20I2O4/c1-9-7-15(11(3)13(5)17(9)25-19(21)23)16-8-10(2)18(26-20(22)24)14(6)12(16)4/h7-8H,1-6H3. The number of ether oxygens (including phenoxy) is 2. The van der Waals surface area contributed by atoms with Gasteiger partial charge in [0.2, 0.25) is 0 Å². The lowest BCUT2D eigenvalue weighted by atomic mass is 9.88. The van der Waals surface area contributed by atoms with E-state index in [4.69, 9.17) is 9.47 Å². The third-order valence-electron chi connectivity index (χ3n) is 4.71. The molecule has 0 saturated carbocycles. The summed E-state index contributed by atoms with van der Waals surface area (Å²) in [4.78, 5) is 22.8. The Morgan fingerprint density at radius 2 is 0.962 bits per heavy atom. The lowest BCUT2D eigenvalue weighted by molar-refractivity contribution is 0.228. The SMILES string of the molecule is Cc1cc(-c2cc(C)c(OC(=O)I)c(C)c2C)c(C)c(C)c1OC(=O)I. The van der Waals surface area contributed by atoms with Gasteiger partial charge in [-0.15, -0.1) is 0 Å². The van der Waals surface area contributed by atoms with E-state index in [1.54, 1.807) is 45.2 Å². The maximum absolute atomic E-state index is 11.4. The van der Waals surface area contributed by atoms with E-state index in [1.165, 1.54) is 0 Å². The van der Waals surface area contributed by atoms with Gasteiger partial charge in [0.25, 0.3) is 0 Å². The van der Waals surface area contributed by atoms with Crippen LogP contribution >= 0.6 is 45.2 Å². The minimum Gasteiger partial charge on any atom is -0.418 e. The molecule has 0 radical (unpaired) electrons. The van der Waals surface area contributed by atoms with Crippen molar-refractivity contribution in [1.82, 2.24) is 0 Å². The zero-order chi connectivity index (χ0) is 19.8. The monoisotopic (exact) mass is 578 g/mol. The van der Waals surface area contributed by atoms with Gasteiger partial charge < -0.3 is 9.47 Å². The van der Waals surface area contributed by atoms with Gasteiger partial charge in [-0.2, -0.15) is 0 Å². The Balaban J connectivity index is 2.70. The molecular weight excluding hydrogens is 558 g/mol. The first kappa shape index (κ1) is 21.1. The predicted molar refractivity (Wildman–Crippen MR) is 120 cm³/mol. The molecule has 26 heavy (non-hydrogen) atoms. The predicted octanol–water partition coefficient (Wildman–Crippen LogP) is 7.07. The van der Waals surface area contributed by atoms with E-state index in [0.29, 0.717) is 11.5 Å². The number of carbonyl (C=O) groups excluding carboxylic acids is 2.